The third kappa shape index (κ3) is 6.44. The van der Waals surface area contributed by atoms with E-state index in [1.165, 1.54) is 0 Å². The Kier molecular flexibility index (Phi) is 7.55. The number of hydrogen-bond donors (Lipinski definition) is 1. The Hall–Kier alpha value is -3.67. The molecule has 0 saturated carbocycles. The highest BCUT2D eigenvalue weighted by Crippen LogP contribution is 2.15. The highest BCUT2D eigenvalue weighted by atomic mass is 16.5. The number of nitrogens with zero attached hydrogens (tertiary/aromatic N) is 1. The van der Waals surface area contributed by atoms with Gasteiger partial charge in [0.2, 0.25) is 0 Å². The van der Waals surface area contributed by atoms with E-state index in [1.807, 2.05) is 43.3 Å². The fourth-order valence-electron chi connectivity index (χ4n) is 2.70. The predicted octanol–water partition coefficient (Wildman–Crippen LogP) is 3.95. The first kappa shape index (κ1) is 21.0. The normalized spacial score (nSPS) is 10.3. The minimum Gasteiger partial charge on any atom is -0.489 e. The van der Waals surface area contributed by atoms with Crippen LogP contribution in [0.25, 0.3) is 0 Å². The Morgan fingerprint density at radius 3 is 2.27 bits per heavy atom. The molecule has 0 aliphatic carbocycles. The van der Waals surface area contributed by atoms with E-state index in [0.29, 0.717) is 30.9 Å². The molecule has 1 amide bonds. The first-order valence-corrected chi connectivity index (χ1v) is 9.77. The van der Waals surface area contributed by atoms with Gasteiger partial charge in [0.15, 0.2) is 12.4 Å². The van der Waals surface area contributed by atoms with Gasteiger partial charge in [-0.1, -0.05) is 25.1 Å². The van der Waals surface area contributed by atoms with Crippen LogP contribution in [0.5, 0.6) is 11.5 Å². The summed E-state index contributed by atoms with van der Waals surface area (Å²) in [5.74, 6) is 1.16. The van der Waals surface area contributed by atoms with Crippen LogP contribution in [0, 0.1) is 0 Å². The highest BCUT2D eigenvalue weighted by Gasteiger charge is 2.06. The van der Waals surface area contributed by atoms with Crippen LogP contribution in [-0.2, 0) is 17.9 Å². The molecule has 1 N–H and O–H groups in total. The number of aromatic nitrogens is 1. The molecular weight excluding hydrogens is 380 g/mol. The lowest BCUT2D eigenvalue weighted by atomic mass is 10.1. The van der Waals surface area contributed by atoms with Gasteiger partial charge in [0.05, 0.1) is 0 Å². The molecule has 6 nitrogen and oxygen atoms in total. The summed E-state index contributed by atoms with van der Waals surface area (Å²) in [6.45, 7) is 2.58. The fraction of sp³-hybridized carbons (Fsp3) is 0.208. The lowest BCUT2D eigenvalue weighted by Crippen LogP contribution is -2.28. The van der Waals surface area contributed by atoms with Crippen LogP contribution in [0.15, 0.2) is 73.1 Å². The molecular formula is C24H24N2O4. The third-order valence-corrected chi connectivity index (χ3v) is 4.41. The number of amides is 1. The molecule has 6 heteroatoms. The lowest BCUT2D eigenvalue weighted by molar-refractivity contribution is -0.123. The van der Waals surface area contributed by atoms with Crippen LogP contribution in [0.2, 0.25) is 0 Å². The van der Waals surface area contributed by atoms with Crippen molar-refractivity contribution in [3.8, 4) is 11.5 Å². The zero-order chi connectivity index (χ0) is 21.2. The average molecular weight is 404 g/mol. The van der Waals surface area contributed by atoms with E-state index >= 15 is 0 Å². The maximum Gasteiger partial charge on any atom is 0.258 e. The maximum atomic E-state index is 12.0. The molecule has 3 aromatic rings. The minimum absolute atomic E-state index is 0.0767. The second-order valence-electron chi connectivity index (χ2n) is 6.66. The molecule has 0 fully saturated rings. The number of hydrogen-bond acceptors (Lipinski definition) is 5. The molecule has 0 bridgehead atoms. The Labute approximate surface area is 175 Å². The van der Waals surface area contributed by atoms with Gasteiger partial charge in [0.1, 0.15) is 18.1 Å². The maximum absolute atomic E-state index is 12.0. The molecule has 1 aromatic heterocycles. The van der Waals surface area contributed by atoms with E-state index in [9.17, 15) is 9.59 Å². The topological polar surface area (TPSA) is 77.5 Å². The van der Waals surface area contributed by atoms with Crippen molar-refractivity contribution in [1.82, 2.24) is 10.3 Å². The largest absolute Gasteiger partial charge is 0.489 e. The molecule has 0 saturated heterocycles. The van der Waals surface area contributed by atoms with Crippen LogP contribution in [-0.4, -0.2) is 23.3 Å². The van der Waals surface area contributed by atoms with Gasteiger partial charge in [0, 0.05) is 36.5 Å². The van der Waals surface area contributed by atoms with Crippen molar-refractivity contribution in [1.29, 1.82) is 0 Å². The summed E-state index contributed by atoms with van der Waals surface area (Å²) < 4.78 is 11.2. The van der Waals surface area contributed by atoms with Crippen LogP contribution in [0.3, 0.4) is 0 Å². The zero-order valence-electron chi connectivity index (χ0n) is 16.8. The molecule has 0 atom stereocenters. The molecule has 0 unspecified atom stereocenters. The van der Waals surface area contributed by atoms with Gasteiger partial charge in [-0.15, -0.1) is 0 Å². The molecule has 1 heterocycles. The van der Waals surface area contributed by atoms with Gasteiger partial charge in [-0.3, -0.25) is 14.6 Å². The molecule has 0 spiro atoms. The fourth-order valence-corrected chi connectivity index (χ4v) is 2.70. The average Bonchev–Trinajstić information content (AvgIpc) is 2.81. The van der Waals surface area contributed by atoms with Crippen LogP contribution < -0.4 is 14.8 Å². The van der Waals surface area contributed by atoms with E-state index in [2.05, 4.69) is 10.3 Å². The number of pyridine rings is 1. The van der Waals surface area contributed by atoms with E-state index in [4.69, 9.17) is 9.47 Å². The van der Waals surface area contributed by atoms with E-state index in [0.717, 1.165) is 16.9 Å². The highest BCUT2D eigenvalue weighted by molar-refractivity contribution is 5.95. The van der Waals surface area contributed by atoms with Crippen LogP contribution >= 0.6 is 0 Å². The standard InChI is InChI=1S/C24H24N2O4/c1-2-23(27)20-7-11-22(12-8-20)30-17-24(28)26-15-18-5-9-21(10-6-18)29-16-19-4-3-13-25-14-19/h3-14H,2,15-17H2,1H3,(H,26,28). The van der Waals surface area contributed by atoms with Gasteiger partial charge >= 0.3 is 0 Å². The number of benzene rings is 2. The van der Waals surface area contributed by atoms with Crippen molar-refractivity contribution in [3.63, 3.8) is 0 Å². The Morgan fingerprint density at radius 1 is 0.900 bits per heavy atom. The van der Waals surface area contributed by atoms with E-state index < -0.39 is 0 Å². The number of rotatable bonds is 10. The number of carbonyl (C=O) groups excluding carboxylic acids is 2. The molecule has 0 aliphatic heterocycles. The summed E-state index contributed by atoms with van der Waals surface area (Å²) in [4.78, 5) is 27.7. The number of ether oxygens (including phenoxy) is 2. The van der Waals surface area contributed by atoms with Crippen molar-refractivity contribution in [2.24, 2.45) is 0 Å². The van der Waals surface area contributed by atoms with Crippen molar-refractivity contribution in [2.75, 3.05) is 6.61 Å². The van der Waals surface area contributed by atoms with Crippen molar-refractivity contribution in [2.45, 2.75) is 26.5 Å². The van der Waals surface area contributed by atoms with E-state index in [1.54, 1.807) is 36.7 Å². The number of ketones is 1. The predicted molar refractivity (Wildman–Crippen MR) is 113 cm³/mol. The second kappa shape index (κ2) is 10.8. The molecule has 3 rings (SSSR count). The van der Waals surface area contributed by atoms with E-state index in [-0.39, 0.29) is 18.3 Å². The lowest BCUT2D eigenvalue weighted by Gasteiger charge is -2.09. The van der Waals surface area contributed by atoms with Gasteiger partial charge in [-0.2, -0.15) is 0 Å². The molecule has 0 radical (unpaired) electrons. The number of nitrogens with one attached hydrogen (secondary N) is 1. The van der Waals surface area contributed by atoms with Crippen molar-refractivity contribution < 1.29 is 19.1 Å². The summed E-state index contributed by atoms with van der Waals surface area (Å²) in [6.07, 6.45) is 3.95. The first-order valence-electron chi connectivity index (χ1n) is 9.77. The summed E-state index contributed by atoms with van der Waals surface area (Å²) in [5.41, 5.74) is 2.60. The van der Waals surface area contributed by atoms with Crippen LogP contribution in [0.4, 0.5) is 0 Å². The summed E-state index contributed by atoms with van der Waals surface area (Å²) >= 11 is 0. The monoisotopic (exact) mass is 404 g/mol. The Morgan fingerprint density at radius 2 is 1.60 bits per heavy atom. The molecule has 2 aromatic carbocycles. The number of Topliss-reactive ketones (excluding diaryl/α,β-unsaturated/α-hetero) is 1. The molecule has 154 valence electrons. The summed E-state index contributed by atoms with van der Waals surface area (Å²) in [5, 5.41) is 2.82. The minimum atomic E-state index is -0.222. The van der Waals surface area contributed by atoms with Gasteiger partial charge in [0.25, 0.3) is 5.91 Å². The van der Waals surface area contributed by atoms with Crippen molar-refractivity contribution >= 4 is 11.7 Å². The number of carbonyl (C=O) groups is 2. The van der Waals surface area contributed by atoms with Crippen LogP contribution in [0.1, 0.15) is 34.8 Å². The Balaban J connectivity index is 1.39. The summed E-state index contributed by atoms with van der Waals surface area (Å²) in [7, 11) is 0. The molecule has 30 heavy (non-hydrogen) atoms. The summed E-state index contributed by atoms with van der Waals surface area (Å²) in [6, 6.07) is 18.2. The van der Waals surface area contributed by atoms with Gasteiger partial charge < -0.3 is 14.8 Å². The zero-order valence-corrected chi connectivity index (χ0v) is 16.8. The van der Waals surface area contributed by atoms with Crippen molar-refractivity contribution in [3.05, 3.63) is 89.7 Å². The third-order valence-electron chi connectivity index (χ3n) is 4.41. The second-order valence-corrected chi connectivity index (χ2v) is 6.66. The SMILES string of the molecule is CCC(=O)c1ccc(OCC(=O)NCc2ccc(OCc3cccnc3)cc2)cc1. The molecule has 0 aliphatic rings. The van der Waals surface area contributed by atoms with Gasteiger partial charge in [-0.05, 0) is 48.0 Å². The smallest absolute Gasteiger partial charge is 0.258 e. The quantitative estimate of drug-likeness (QED) is 0.518. The Bertz CT molecular complexity index is 955. The first-order chi connectivity index (χ1) is 14.6. The van der Waals surface area contributed by atoms with Gasteiger partial charge in [-0.25, -0.2) is 0 Å².